The first-order valence-electron chi connectivity index (χ1n) is 6.90. The topological polar surface area (TPSA) is 64.3 Å². The van der Waals surface area contributed by atoms with Gasteiger partial charge in [-0.3, -0.25) is 4.79 Å². The Bertz CT molecular complexity index is 258. The van der Waals surface area contributed by atoms with E-state index in [1.54, 1.807) is 0 Å². The van der Waals surface area contributed by atoms with Crippen LogP contribution >= 0.6 is 0 Å². The summed E-state index contributed by atoms with van der Waals surface area (Å²) in [7, 11) is 0. The molecule has 1 aliphatic heterocycles. The van der Waals surface area contributed by atoms with Crippen LogP contribution in [-0.2, 0) is 9.53 Å². The molecule has 1 saturated heterocycles. The first-order valence-corrected chi connectivity index (χ1v) is 6.90. The summed E-state index contributed by atoms with van der Waals surface area (Å²) in [6, 6.07) is 0. The Hall–Kier alpha value is -0.610. The van der Waals surface area contributed by atoms with Gasteiger partial charge in [0.25, 0.3) is 0 Å². The first-order chi connectivity index (χ1) is 8.31. The molecule has 0 aromatic heterocycles. The molecule has 3 N–H and O–H groups in total. The molecule has 17 heavy (non-hydrogen) atoms. The summed E-state index contributed by atoms with van der Waals surface area (Å²) in [6.45, 7) is 2.26. The molecule has 4 nitrogen and oxygen atoms in total. The molecule has 4 heteroatoms. The van der Waals surface area contributed by atoms with Gasteiger partial charge >= 0.3 is 0 Å². The van der Waals surface area contributed by atoms with Crippen LogP contribution in [0, 0.1) is 11.8 Å². The Morgan fingerprint density at radius 1 is 1.18 bits per heavy atom. The van der Waals surface area contributed by atoms with Gasteiger partial charge in [0.05, 0.1) is 6.61 Å². The number of carbonyl (C=O) groups excluding carboxylic acids is 1. The van der Waals surface area contributed by atoms with Crippen LogP contribution in [0.2, 0.25) is 0 Å². The zero-order chi connectivity index (χ0) is 12.1. The van der Waals surface area contributed by atoms with E-state index in [0.29, 0.717) is 18.4 Å². The van der Waals surface area contributed by atoms with E-state index in [1.807, 2.05) is 0 Å². The maximum Gasteiger partial charge on any atom is 0.249 e. The van der Waals surface area contributed by atoms with Gasteiger partial charge in [-0.2, -0.15) is 0 Å². The molecule has 0 radical (unpaired) electrons. The van der Waals surface area contributed by atoms with Crippen molar-refractivity contribution in [2.45, 2.75) is 44.6 Å². The lowest BCUT2D eigenvalue weighted by Gasteiger charge is -2.21. The molecule has 2 aliphatic rings. The van der Waals surface area contributed by atoms with E-state index in [2.05, 4.69) is 5.32 Å². The van der Waals surface area contributed by atoms with E-state index in [1.165, 1.54) is 19.3 Å². The van der Waals surface area contributed by atoms with Gasteiger partial charge in [0.2, 0.25) is 5.91 Å². The van der Waals surface area contributed by atoms with Crippen LogP contribution in [0.4, 0.5) is 0 Å². The van der Waals surface area contributed by atoms with E-state index < -0.39 is 0 Å². The monoisotopic (exact) mass is 240 g/mol. The van der Waals surface area contributed by atoms with E-state index in [9.17, 15) is 4.79 Å². The number of nitrogens with two attached hydrogens (primary N) is 1. The largest absolute Gasteiger partial charge is 0.368 e. The molecule has 1 heterocycles. The van der Waals surface area contributed by atoms with E-state index in [0.717, 1.165) is 32.4 Å². The highest BCUT2D eigenvalue weighted by atomic mass is 16.5. The summed E-state index contributed by atoms with van der Waals surface area (Å²) in [4.78, 5) is 11.7. The number of hydrogen-bond acceptors (Lipinski definition) is 3. The molecule has 1 amide bonds. The van der Waals surface area contributed by atoms with Gasteiger partial charge in [-0.05, 0) is 50.5 Å². The van der Waals surface area contributed by atoms with E-state index in [-0.39, 0.29) is 12.0 Å². The number of rotatable bonds is 4. The van der Waals surface area contributed by atoms with E-state index in [4.69, 9.17) is 10.5 Å². The molecule has 3 unspecified atom stereocenters. The van der Waals surface area contributed by atoms with Gasteiger partial charge in [0.15, 0.2) is 0 Å². The lowest BCUT2D eigenvalue weighted by molar-refractivity contribution is -0.133. The zero-order valence-corrected chi connectivity index (χ0v) is 10.5. The van der Waals surface area contributed by atoms with Gasteiger partial charge in [-0.1, -0.05) is 6.42 Å². The van der Waals surface area contributed by atoms with Crippen LogP contribution in [0.25, 0.3) is 0 Å². The minimum absolute atomic E-state index is 0.0739. The smallest absolute Gasteiger partial charge is 0.249 e. The number of hydrogen-bond donors (Lipinski definition) is 2. The van der Waals surface area contributed by atoms with Crippen LogP contribution in [0.3, 0.4) is 0 Å². The average molecular weight is 240 g/mol. The molecule has 2 rings (SSSR count). The summed E-state index contributed by atoms with van der Waals surface area (Å²) >= 11 is 0. The second-order valence-electron chi connectivity index (χ2n) is 5.30. The highest BCUT2D eigenvalue weighted by Crippen LogP contribution is 2.31. The second kappa shape index (κ2) is 6.36. The highest BCUT2D eigenvalue weighted by molar-refractivity contribution is 5.80. The molecular formula is C13H24N2O2. The van der Waals surface area contributed by atoms with Gasteiger partial charge in [-0.15, -0.1) is 0 Å². The lowest BCUT2D eigenvalue weighted by atomic mass is 9.97. The third-order valence-electron chi connectivity index (χ3n) is 4.12. The van der Waals surface area contributed by atoms with Crippen LogP contribution < -0.4 is 11.1 Å². The number of amides is 1. The molecule has 1 saturated carbocycles. The number of nitrogens with one attached hydrogen (secondary N) is 1. The summed E-state index contributed by atoms with van der Waals surface area (Å²) < 4.78 is 5.82. The fourth-order valence-corrected chi connectivity index (χ4v) is 2.95. The summed E-state index contributed by atoms with van der Waals surface area (Å²) in [5.41, 5.74) is 5.75. The van der Waals surface area contributed by atoms with Crippen LogP contribution in [0.1, 0.15) is 38.5 Å². The lowest BCUT2D eigenvalue weighted by Crippen LogP contribution is -2.36. The summed E-state index contributed by atoms with van der Waals surface area (Å²) in [5, 5.41) is 2.91. The Kier molecular flexibility index (Phi) is 4.80. The van der Waals surface area contributed by atoms with Crippen molar-refractivity contribution in [3.8, 4) is 0 Å². The SMILES string of the molecule is NCC1CCCC1COC1CCCCNC1=O. The van der Waals surface area contributed by atoms with Crippen molar-refractivity contribution in [1.29, 1.82) is 0 Å². The third-order valence-corrected chi connectivity index (χ3v) is 4.12. The molecule has 0 bridgehead atoms. The Morgan fingerprint density at radius 2 is 2.00 bits per heavy atom. The molecule has 0 spiro atoms. The van der Waals surface area contributed by atoms with Crippen LogP contribution in [0.5, 0.6) is 0 Å². The fourth-order valence-electron chi connectivity index (χ4n) is 2.95. The highest BCUT2D eigenvalue weighted by Gasteiger charge is 2.28. The molecule has 1 aliphatic carbocycles. The first kappa shape index (κ1) is 12.8. The van der Waals surface area contributed by atoms with Gasteiger partial charge < -0.3 is 15.8 Å². The third kappa shape index (κ3) is 3.42. The standard InChI is InChI=1S/C13H24N2O2/c14-8-10-4-3-5-11(10)9-17-12-6-1-2-7-15-13(12)16/h10-12H,1-9,14H2,(H,15,16). The van der Waals surface area contributed by atoms with Gasteiger partial charge in [0.1, 0.15) is 6.10 Å². The maximum atomic E-state index is 11.7. The summed E-state index contributed by atoms with van der Waals surface area (Å²) in [5.74, 6) is 1.24. The maximum absolute atomic E-state index is 11.7. The molecule has 3 atom stereocenters. The predicted molar refractivity (Wildman–Crippen MR) is 66.5 cm³/mol. The van der Waals surface area contributed by atoms with Gasteiger partial charge in [0, 0.05) is 6.54 Å². The van der Waals surface area contributed by atoms with Crippen molar-refractivity contribution in [2.24, 2.45) is 17.6 Å². The minimum atomic E-state index is -0.225. The predicted octanol–water partition coefficient (Wildman–Crippen LogP) is 1.05. The fraction of sp³-hybridized carbons (Fsp3) is 0.923. The number of carbonyl (C=O) groups is 1. The Labute approximate surface area is 103 Å². The minimum Gasteiger partial charge on any atom is -0.368 e. The second-order valence-corrected chi connectivity index (χ2v) is 5.30. The summed E-state index contributed by atoms with van der Waals surface area (Å²) in [6.07, 6.45) is 6.47. The van der Waals surface area contributed by atoms with Crippen molar-refractivity contribution < 1.29 is 9.53 Å². The van der Waals surface area contributed by atoms with Crippen LogP contribution in [-0.4, -0.2) is 31.7 Å². The molecular weight excluding hydrogens is 216 g/mol. The van der Waals surface area contributed by atoms with Gasteiger partial charge in [-0.25, -0.2) is 0 Å². The van der Waals surface area contributed by atoms with Crippen molar-refractivity contribution in [3.63, 3.8) is 0 Å². The molecule has 0 aromatic carbocycles. The van der Waals surface area contributed by atoms with Crippen molar-refractivity contribution in [3.05, 3.63) is 0 Å². The van der Waals surface area contributed by atoms with Crippen molar-refractivity contribution in [1.82, 2.24) is 5.32 Å². The average Bonchev–Trinajstić information content (AvgIpc) is 2.70. The van der Waals surface area contributed by atoms with Crippen LogP contribution in [0.15, 0.2) is 0 Å². The number of ether oxygens (including phenoxy) is 1. The normalized spacial score (nSPS) is 34.4. The van der Waals surface area contributed by atoms with Crippen molar-refractivity contribution in [2.75, 3.05) is 19.7 Å². The van der Waals surface area contributed by atoms with E-state index >= 15 is 0 Å². The Balaban J connectivity index is 1.78. The van der Waals surface area contributed by atoms with Crippen molar-refractivity contribution >= 4 is 5.91 Å². The quantitative estimate of drug-likeness (QED) is 0.772. The molecule has 2 fully saturated rings. The molecule has 98 valence electrons. The Morgan fingerprint density at radius 3 is 2.82 bits per heavy atom. The molecule has 0 aromatic rings. The zero-order valence-electron chi connectivity index (χ0n) is 10.5.